The molecule has 0 radical (unpaired) electrons. The lowest BCUT2D eigenvalue weighted by Crippen LogP contribution is -2.22. The minimum absolute atomic E-state index is 0.0759. The summed E-state index contributed by atoms with van der Waals surface area (Å²) in [5.74, 6) is -1.18. The third-order valence-corrected chi connectivity index (χ3v) is 8.12. The van der Waals surface area contributed by atoms with Crippen LogP contribution in [0.3, 0.4) is 0 Å². The van der Waals surface area contributed by atoms with E-state index in [2.05, 4.69) is 0 Å². The predicted molar refractivity (Wildman–Crippen MR) is 107 cm³/mol. The van der Waals surface area contributed by atoms with Crippen LogP contribution in [0.2, 0.25) is 0 Å². The van der Waals surface area contributed by atoms with Gasteiger partial charge in [0.25, 0.3) is 20.2 Å². The Labute approximate surface area is 171 Å². The average molecular weight is 463 g/mol. The molecule has 0 saturated heterocycles. The Kier molecular flexibility index (Phi) is 7.57. The van der Waals surface area contributed by atoms with Gasteiger partial charge >= 0.3 is 0 Å². The second kappa shape index (κ2) is 9.35. The molecule has 0 saturated carbocycles. The highest BCUT2D eigenvalue weighted by Crippen LogP contribution is 2.14. The lowest BCUT2D eigenvalue weighted by molar-refractivity contribution is 0.333. The zero-order chi connectivity index (χ0) is 21.7. The van der Waals surface area contributed by atoms with E-state index in [1.54, 1.807) is 38.1 Å². The van der Waals surface area contributed by atoms with Gasteiger partial charge in [-0.15, -0.1) is 0 Å². The fraction of sp³-hybridized carbons (Fsp3) is 0.333. The molecule has 0 heterocycles. The molecule has 0 spiro atoms. The number of sulfone groups is 1. The molecule has 11 heteroatoms. The molecule has 0 bridgehead atoms. The van der Waals surface area contributed by atoms with Gasteiger partial charge in [0.05, 0.1) is 34.5 Å². The standard InChI is InChI=1S/C18H22O8S3/c1-15-3-7-17(8-4-15)28(21,22)25-11-13-27(19,20)14-12-26-29(23,24)18-9-5-16(2)6-10-18/h3-10H,11-14H2,1-2H3. The van der Waals surface area contributed by atoms with E-state index in [1.165, 1.54) is 24.3 Å². The van der Waals surface area contributed by atoms with E-state index in [4.69, 9.17) is 8.37 Å². The summed E-state index contributed by atoms with van der Waals surface area (Å²) in [6.45, 7) is 2.43. The summed E-state index contributed by atoms with van der Waals surface area (Å²) in [6, 6.07) is 11.8. The highest BCUT2D eigenvalue weighted by molar-refractivity contribution is 7.91. The maximum Gasteiger partial charge on any atom is 0.297 e. The molecule has 0 aliphatic rings. The Morgan fingerprint density at radius 2 is 0.897 bits per heavy atom. The van der Waals surface area contributed by atoms with E-state index in [1.807, 2.05) is 0 Å². The van der Waals surface area contributed by atoms with E-state index < -0.39 is 54.8 Å². The summed E-state index contributed by atoms with van der Waals surface area (Å²) in [7, 11) is -11.9. The Bertz CT molecular complexity index is 1050. The first kappa shape index (κ1) is 23.5. The summed E-state index contributed by atoms with van der Waals surface area (Å²) in [5, 5.41) is 0. The largest absolute Gasteiger partial charge is 0.297 e. The van der Waals surface area contributed by atoms with E-state index in [0.717, 1.165) is 11.1 Å². The van der Waals surface area contributed by atoms with Crippen LogP contribution < -0.4 is 0 Å². The van der Waals surface area contributed by atoms with Crippen molar-refractivity contribution in [1.82, 2.24) is 0 Å². The van der Waals surface area contributed by atoms with Crippen LogP contribution in [0.25, 0.3) is 0 Å². The molecule has 29 heavy (non-hydrogen) atoms. The molecule has 0 unspecified atom stereocenters. The van der Waals surface area contributed by atoms with Crippen molar-refractivity contribution in [2.24, 2.45) is 0 Å². The zero-order valence-electron chi connectivity index (χ0n) is 15.9. The molecule has 0 aromatic heterocycles. The molecule has 0 N–H and O–H groups in total. The Hall–Kier alpha value is -1.79. The first-order valence-corrected chi connectivity index (χ1v) is 13.2. The minimum atomic E-state index is -4.07. The summed E-state index contributed by atoms with van der Waals surface area (Å²) in [5.41, 5.74) is 1.74. The van der Waals surface area contributed by atoms with Gasteiger partial charge in [-0.25, -0.2) is 8.42 Å². The molecular weight excluding hydrogens is 440 g/mol. The summed E-state index contributed by atoms with van der Waals surface area (Å²) in [4.78, 5) is -0.152. The van der Waals surface area contributed by atoms with Crippen molar-refractivity contribution in [3.05, 3.63) is 59.7 Å². The third-order valence-electron chi connectivity index (χ3n) is 3.88. The molecule has 8 nitrogen and oxygen atoms in total. The van der Waals surface area contributed by atoms with Crippen molar-refractivity contribution in [2.75, 3.05) is 24.7 Å². The second-order valence-corrected chi connectivity index (χ2v) is 11.9. The van der Waals surface area contributed by atoms with Crippen LogP contribution >= 0.6 is 0 Å². The SMILES string of the molecule is Cc1ccc(S(=O)(=O)OCCS(=O)(=O)CCOS(=O)(=O)c2ccc(C)cc2)cc1. The van der Waals surface area contributed by atoms with Gasteiger partial charge in [0.15, 0.2) is 9.84 Å². The molecule has 2 aromatic rings. The zero-order valence-corrected chi connectivity index (χ0v) is 18.4. The number of benzene rings is 2. The Morgan fingerprint density at radius 1 is 0.586 bits per heavy atom. The number of rotatable bonds is 10. The van der Waals surface area contributed by atoms with Gasteiger partial charge in [0.2, 0.25) is 0 Å². The summed E-state index contributed by atoms with van der Waals surface area (Å²) >= 11 is 0. The number of aryl methyl sites for hydroxylation is 2. The fourth-order valence-corrected chi connectivity index (χ4v) is 5.10. The van der Waals surface area contributed by atoms with Gasteiger partial charge in [0.1, 0.15) is 0 Å². The summed E-state index contributed by atoms with van der Waals surface area (Å²) in [6.07, 6.45) is 0. The van der Waals surface area contributed by atoms with Crippen molar-refractivity contribution < 1.29 is 33.6 Å². The highest BCUT2D eigenvalue weighted by Gasteiger charge is 2.20. The highest BCUT2D eigenvalue weighted by atomic mass is 32.2. The minimum Gasteiger partial charge on any atom is -0.265 e. The smallest absolute Gasteiger partial charge is 0.265 e. The van der Waals surface area contributed by atoms with Crippen LogP contribution in [0, 0.1) is 13.8 Å². The van der Waals surface area contributed by atoms with E-state index in [9.17, 15) is 25.3 Å². The Balaban J connectivity index is 1.85. The number of hydrogen-bond donors (Lipinski definition) is 0. The second-order valence-electron chi connectivity index (χ2n) is 6.33. The van der Waals surface area contributed by atoms with Crippen LogP contribution in [0.4, 0.5) is 0 Å². The van der Waals surface area contributed by atoms with Crippen molar-refractivity contribution in [1.29, 1.82) is 0 Å². The molecule has 2 aromatic carbocycles. The van der Waals surface area contributed by atoms with Gasteiger partial charge < -0.3 is 0 Å². The van der Waals surface area contributed by atoms with Crippen molar-refractivity contribution in [3.8, 4) is 0 Å². The lowest BCUT2D eigenvalue weighted by atomic mass is 10.2. The van der Waals surface area contributed by atoms with Gasteiger partial charge in [0, 0.05) is 0 Å². The first-order chi connectivity index (χ1) is 13.4. The average Bonchev–Trinajstić information content (AvgIpc) is 2.61. The van der Waals surface area contributed by atoms with Gasteiger partial charge in [-0.05, 0) is 38.1 Å². The number of hydrogen-bond acceptors (Lipinski definition) is 8. The molecule has 0 aliphatic heterocycles. The quantitative estimate of drug-likeness (QED) is 0.490. The lowest BCUT2D eigenvalue weighted by Gasteiger charge is -2.08. The third kappa shape index (κ3) is 7.19. The predicted octanol–water partition coefficient (Wildman–Crippen LogP) is 1.83. The normalized spacial score (nSPS) is 12.8. The maximum atomic E-state index is 12.0. The fourth-order valence-electron chi connectivity index (χ4n) is 2.19. The van der Waals surface area contributed by atoms with Crippen LogP contribution in [0.15, 0.2) is 58.3 Å². The first-order valence-electron chi connectivity index (χ1n) is 8.54. The molecular formula is C18H22O8S3. The van der Waals surface area contributed by atoms with Crippen molar-refractivity contribution >= 4 is 30.1 Å². The van der Waals surface area contributed by atoms with Gasteiger partial charge in [-0.2, -0.15) is 16.8 Å². The van der Waals surface area contributed by atoms with Gasteiger partial charge in [-0.3, -0.25) is 8.37 Å². The van der Waals surface area contributed by atoms with E-state index in [0.29, 0.717) is 0 Å². The maximum absolute atomic E-state index is 12.0. The van der Waals surface area contributed by atoms with Crippen LogP contribution in [-0.2, 0) is 38.4 Å². The van der Waals surface area contributed by atoms with Crippen molar-refractivity contribution in [3.63, 3.8) is 0 Å². The molecule has 2 rings (SSSR count). The van der Waals surface area contributed by atoms with Crippen LogP contribution in [0.1, 0.15) is 11.1 Å². The topological polar surface area (TPSA) is 121 Å². The molecule has 160 valence electrons. The van der Waals surface area contributed by atoms with Gasteiger partial charge in [-0.1, -0.05) is 35.4 Å². The molecule has 0 aliphatic carbocycles. The van der Waals surface area contributed by atoms with Crippen LogP contribution in [-0.4, -0.2) is 50.0 Å². The van der Waals surface area contributed by atoms with E-state index in [-0.39, 0.29) is 9.79 Å². The Morgan fingerprint density at radius 3 is 1.21 bits per heavy atom. The molecule has 0 amide bonds. The molecule has 0 atom stereocenters. The van der Waals surface area contributed by atoms with Crippen LogP contribution in [0.5, 0.6) is 0 Å². The van der Waals surface area contributed by atoms with E-state index >= 15 is 0 Å². The summed E-state index contributed by atoms with van der Waals surface area (Å²) < 4.78 is 81.7. The monoisotopic (exact) mass is 462 g/mol. The van der Waals surface area contributed by atoms with Crippen molar-refractivity contribution in [2.45, 2.75) is 23.6 Å². The molecule has 0 fully saturated rings.